The number of aliphatic imine (C=N–C) groups is 1. The summed E-state index contributed by atoms with van der Waals surface area (Å²) in [4.78, 5) is 9.45. The van der Waals surface area contributed by atoms with Gasteiger partial charge in [-0.25, -0.2) is 4.99 Å². The van der Waals surface area contributed by atoms with Crippen molar-refractivity contribution in [2.45, 2.75) is 32.4 Å². The number of guanidine groups is 1. The molecule has 6 nitrogen and oxygen atoms in total. The van der Waals surface area contributed by atoms with E-state index in [-0.39, 0.29) is 24.0 Å². The first-order valence-electron chi connectivity index (χ1n) is 10.8. The average molecular weight is 558 g/mol. The number of thiophene rings is 1. The van der Waals surface area contributed by atoms with E-state index in [1.54, 1.807) is 0 Å². The van der Waals surface area contributed by atoms with Gasteiger partial charge in [0.2, 0.25) is 0 Å². The predicted molar refractivity (Wildman–Crippen MR) is 143 cm³/mol. The number of ether oxygens (including phenoxy) is 1. The van der Waals surface area contributed by atoms with Crippen molar-refractivity contribution in [1.29, 1.82) is 0 Å². The van der Waals surface area contributed by atoms with Gasteiger partial charge in [-0.05, 0) is 57.4 Å². The fourth-order valence-electron chi connectivity index (χ4n) is 3.49. The van der Waals surface area contributed by atoms with Crippen molar-refractivity contribution in [1.82, 2.24) is 15.5 Å². The Morgan fingerprint density at radius 1 is 1.19 bits per heavy atom. The topological polar surface area (TPSA) is 52.1 Å². The van der Waals surface area contributed by atoms with Gasteiger partial charge in [-0.15, -0.1) is 35.3 Å². The summed E-state index contributed by atoms with van der Waals surface area (Å²) >= 11 is 1.82. The van der Waals surface area contributed by atoms with E-state index in [9.17, 15) is 0 Å². The van der Waals surface area contributed by atoms with Crippen molar-refractivity contribution in [3.8, 4) is 5.75 Å². The molecule has 0 amide bonds. The van der Waals surface area contributed by atoms with Crippen LogP contribution in [0.1, 0.15) is 25.3 Å². The monoisotopic (exact) mass is 557 g/mol. The maximum atomic E-state index is 5.98. The highest BCUT2D eigenvalue weighted by molar-refractivity contribution is 14.0. The molecule has 1 aliphatic heterocycles. The minimum absolute atomic E-state index is 0. The molecule has 0 aliphatic carbocycles. The number of halogens is 1. The molecule has 8 heteroatoms. The fourth-order valence-corrected chi connectivity index (χ4v) is 4.27. The molecular weight excluding hydrogens is 521 g/mol. The van der Waals surface area contributed by atoms with Crippen LogP contribution in [0.25, 0.3) is 0 Å². The molecular formula is C23H36IN5OS. The Morgan fingerprint density at radius 3 is 2.65 bits per heavy atom. The van der Waals surface area contributed by atoms with Gasteiger partial charge in [0, 0.05) is 37.8 Å². The van der Waals surface area contributed by atoms with Gasteiger partial charge in [-0.2, -0.15) is 0 Å². The number of likely N-dealkylation sites (N-methyl/N-ethyl adjacent to an activating group) is 1. The number of piperidine rings is 1. The highest BCUT2D eigenvalue weighted by Gasteiger charge is 2.20. The molecule has 0 spiro atoms. The number of nitrogens with zero attached hydrogens (tertiary/aromatic N) is 3. The van der Waals surface area contributed by atoms with Crippen molar-refractivity contribution in [3.63, 3.8) is 0 Å². The number of para-hydroxylation sites is 1. The van der Waals surface area contributed by atoms with Gasteiger partial charge >= 0.3 is 0 Å². The number of nitrogens with one attached hydrogen (secondary N) is 2. The molecule has 0 unspecified atom stereocenters. The largest absolute Gasteiger partial charge is 0.492 e. The van der Waals surface area contributed by atoms with Gasteiger partial charge < -0.3 is 25.2 Å². The van der Waals surface area contributed by atoms with Crippen LogP contribution in [0.2, 0.25) is 0 Å². The number of rotatable bonds is 9. The van der Waals surface area contributed by atoms with Crippen molar-refractivity contribution >= 4 is 46.3 Å². The van der Waals surface area contributed by atoms with Crippen molar-refractivity contribution in [2.75, 3.05) is 51.8 Å². The second-order valence-electron chi connectivity index (χ2n) is 7.81. The van der Waals surface area contributed by atoms with E-state index in [0.717, 1.165) is 56.3 Å². The van der Waals surface area contributed by atoms with E-state index in [4.69, 9.17) is 9.73 Å². The Labute approximate surface area is 208 Å². The average Bonchev–Trinajstić information content (AvgIpc) is 3.28. The Morgan fingerprint density at radius 2 is 1.97 bits per heavy atom. The summed E-state index contributed by atoms with van der Waals surface area (Å²) in [6.07, 6.45) is 2.24. The van der Waals surface area contributed by atoms with Crippen LogP contribution in [0.15, 0.2) is 46.8 Å². The molecule has 172 valence electrons. The summed E-state index contributed by atoms with van der Waals surface area (Å²) in [7, 11) is 4.11. The quantitative estimate of drug-likeness (QED) is 0.277. The molecule has 1 aromatic carbocycles. The van der Waals surface area contributed by atoms with Gasteiger partial charge in [0.05, 0.1) is 11.5 Å². The number of hydrogen-bond acceptors (Lipinski definition) is 5. The molecule has 1 fully saturated rings. The van der Waals surface area contributed by atoms with Gasteiger partial charge in [-0.1, -0.05) is 18.2 Å². The maximum absolute atomic E-state index is 5.98. The van der Waals surface area contributed by atoms with Crippen LogP contribution in [0.3, 0.4) is 0 Å². The van der Waals surface area contributed by atoms with E-state index in [1.165, 1.54) is 5.00 Å². The van der Waals surface area contributed by atoms with E-state index >= 15 is 0 Å². The third-order valence-corrected chi connectivity index (χ3v) is 6.10. The van der Waals surface area contributed by atoms with Gasteiger partial charge in [-0.3, -0.25) is 0 Å². The smallest absolute Gasteiger partial charge is 0.191 e. The maximum Gasteiger partial charge on any atom is 0.191 e. The van der Waals surface area contributed by atoms with Crippen LogP contribution in [0.4, 0.5) is 5.00 Å². The third kappa shape index (κ3) is 8.50. The standard InChI is InChI=1S/C23H35N5OS.HI/c1-4-24-23(26-20-11-13-28(14-12-20)22-10-7-17-30-22)25-18-19-8-5-6-9-21(19)29-16-15-27(2)3;/h5-10,17,20H,4,11-16,18H2,1-3H3,(H2,24,25,26);1H. The Balaban J connectivity index is 0.00000341. The summed E-state index contributed by atoms with van der Waals surface area (Å²) in [6.45, 7) is 7.29. The van der Waals surface area contributed by atoms with Crippen LogP contribution >= 0.6 is 35.3 Å². The Bertz CT molecular complexity index is 776. The van der Waals surface area contributed by atoms with Gasteiger partial charge in [0.15, 0.2) is 5.96 Å². The molecule has 1 aliphatic rings. The third-order valence-electron chi connectivity index (χ3n) is 5.17. The summed E-state index contributed by atoms with van der Waals surface area (Å²) in [5.74, 6) is 1.80. The number of anilines is 1. The minimum Gasteiger partial charge on any atom is -0.492 e. The summed E-state index contributed by atoms with van der Waals surface area (Å²) in [5.41, 5.74) is 1.11. The first kappa shape index (κ1) is 25.7. The zero-order chi connectivity index (χ0) is 21.2. The molecule has 1 saturated heterocycles. The van der Waals surface area contributed by atoms with Crippen molar-refractivity contribution in [3.05, 3.63) is 47.3 Å². The Kier molecular flexibility index (Phi) is 11.5. The predicted octanol–water partition coefficient (Wildman–Crippen LogP) is 4.03. The zero-order valence-electron chi connectivity index (χ0n) is 18.8. The lowest BCUT2D eigenvalue weighted by Gasteiger charge is -2.33. The molecule has 2 N–H and O–H groups in total. The van der Waals surface area contributed by atoms with Crippen molar-refractivity contribution in [2.24, 2.45) is 4.99 Å². The molecule has 2 aromatic rings. The van der Waals surface area contributed by atoms with Crippen LogP contribution in [-0.4, -0.2) is 63.8 Å². The van der Waals surface area contributed by atoms with E-state index in [2.05, 4.69) is 65.0 Å². The zero-order valence-corrected chi connectivity index (χ0v) is 22.0. The molecule has 3 rings (SSSR count). The number of hydrogen-bond donors (Lipinski definition) is 2. The first-order valence-corrected chi connectivity index (χ1v) is 11.7. The van der Waals surface area contributed by atoms with Gasteiger partial charge in [0.1, 0.15) is 12.4 Å². The lowest BCUT2D eigenvalue weighted by atomic mass is 10.1. The van der Waals surface area contributed by atoms with Crippen LogP contribution in [-0.2, 0) is 6.54 Å². The molecule has 1 aromatic heterocycles. The lowest BCUT2D eigenvalue weighted by molar-refractivity contribution is 0.259. The SMILES string of the molecule is CCNC(=NCc1ccccc1OCCN(C)C)NC1CCN(c2cccs2)CC1.I. The van der Waals surface area contributed by atoms with Crippen molar-refractivity contribution < 1.29 is 4.74 Å². The molecule has 0 radical (unpaired) electrons. The molecule has 2 heterocycles. The number of benzene rings is 1. The summed E-state index contributed by atoms with van der Waals surface area (Å²) in [5, 5.41) is 10.6. The second kappa shape index (κ2) is 13.8. The van der Waals surface area contributed by atoms with Gasteiger partial charge in [0.25, 0.3) is 0 Å². The molecule has 0 atom stereocenters. The molecule has 0 bridgehead atoms. The Hall–Kier alpha value is -1.52. The van der Waals surface area contributed by atoms with E-state index in [1.807, 2.05) is 29.5 Å². The fraction of sp³-hybridized carbons (Fsp3) is 0.522. The minimum atomic E-state index is 0. The normalized spacial score (nSPS) is 15.0. The lowest BCUT2D eigenvalue weighted by Crippen LogP contribution is -2.48. The highest BCUT2D eigenvalue weighted by atomic mass is 127. The molecule has 31 heavy (non-hydrogen) atoms. The van der Waals surface area contributed by atoms with E-state index in [0.29, 0.717) is 19.2 Å². The molecule has 0 saturated carbocycles. The summed E-state index contributed by atoms with van der Waals surface area (Å²) in [6, 6.07) is 13.0. The highest BCUT2D eigenvalue weighted by Crippen LogP contribution is 2.25. The summed E-state index contributed by atoms with van der Waals surface area (Å²) < 4.78 is 5.98. The second-order valence-corrected chi connectivity index (χ2v) is 8.74. The van der Waals surface area contributed by atoms with Crippen LogP contribution in [0.5, 0.6) is 5.75 Å². The van der Waals surface area contributed by atoms with Crippen LogP contribution in [0, 0.1) is 0 Å². The van der Waals surface area contributed by atoms with E-state index < -0.39 is 0 Å². The van der Waals surface area contributed by atoms with Crippen LogP contribution < -0.4 is 20.3 Å². The first-order chi connectivity index (χ1) is 14.7.